The molecule has 0 unspecified atom stereocenters. The van der Waals surface area contributed by atoms with Gasteiger partial charge < -0.3 is 5.11 Å². The number of carboxylic acid groups (broad SMARTS) is 1. The molecule has 9 heteroatoms. The minimum absolute atomic E-state index is 0.194. The smallest absolute Gasteiger partial charge is 0.335 e. The molecule has 0 spiro atoms. The van der Waals surface area contributed by atoms with Gasteiger partial charge in [-0.25, -0.2) is 27.3 Å². The van der Waals surface area contributed by atoms with Gasteiger partial charge in [0, 0.05) is 6.54 Å². The number of hydrogen-bond donors (Lipinski definition) is 1. The van der Waals surface area contributed by atoms with Gasteiger partial charge in [-0.15, -0.1) is 0 Å². The Balaban J connectivity index is 2.38. The van der Waals surface area contributed by atoms with Gasteiger partial charge >= 0.3 is 5.97 Å². The molecule has 1 N–H and O–H groups in total. The Bertz CT molecular complexity index is 786. The highest BCUT2D eigenvalue weighted by Gasteiger charge is 2.23. The zero-order valence-corrected chi connectivity index (χ0v) is 11.8. The fraction of sp³-hybridized carbons (Fsp3) is 0.250. The number of benzene rings is 1. The van der Waals surface area contributed by atoms with Gasteiger partial charge in [-0.05, 0) is 25.1 Å². The highest BCUT2D eigenvalue weighted by Crippen LogP contribution is 2.20. The van der Waals surface area contributed by atoms with Crippen LogP contribution in [0.5, 0.6) is 0 Å². The maximum Gasteiger partial charge on any atom is 0.335 e. The number of nitrogens with zero attached hydrogens (tertiary/aromatic N) is 3. The number of rotatable bonds is 5. The van der Waals surface area contributed by atoms with Crippen molar-refractivity contribution in [2.75, 3.05) is 0 Å². The second-order valence-corrected chi connectivity index (χ2v) is 6.16. The SMILES string of the molecule is CCn1ncnc1CS(=O)(=O)c1ccc(C(=O)O)cc1F. The molecule has 21 heavy (non-hydrogen) atoms. The third kappa shape index (κ3) is 3.07. The van der Waals surface area contributed by atoms with E-state index in [0.717, 1.165) is 12.1 Å². The largest absolute Gasteiger partial charge is 0.478 e. The summed E-state index contributed by atoms with van der Waals surface area (Å²) in [6.07, 6.45) is 1.22. The average Bonchev–Trinajstić information content (AvgIpc) is 2.84. The summed E-state index contributed by atoms with van der Waals surface area (Å²) in [7, 11) is -3.98. The lowest BCUT2D eigenvalue weighted by Gasteiger charge is -2.07. The van der Waals surface area contributed by atoms with E-state index in [1.165, 1.54) is 11.0 Å². The Hall–Kier alpha value is -2.29. The van der Waals surface area contributed by atoms with Gasteiger partial charge in [-0.2, -0.15) is 5.10 Å². The number of carboxylic acids is 1. The first-order chi connectivity index (χ1) is 9.85. The Morgan fingerprint density at radius 3 is 2.71 bits per heavy atom. The number of aromatic carboxylic acids is 1. The molecule has 0 aliphatic carbocycles. The monoisotopic (exact) mass is 313 g/mol. The minimum atomic E-state index is -3.98. The van der Waals surface area contributed by atoms with Gasteiger partial charge in [0.25, 0.3) is 0 Å². The predicted molar refractivity (Wildman–Crippen MR) is 69.9 cm³/mol. The molecule has 2 rings (SSSR count). The van der Waals surface area contributed by atoms with Crippen LogP contribution < -0.4 is 0 Å². The molecule has 0 aliphatic heterocycles. The van der Waals surface area contributed by atoms with Crippen molar-refractivity contribution in [1.29, 1.82) is 0 Å². The van der Waals surface area contributed by atoms with Crippen molar-refractivity contribution < 1.29 is 22.7 Å². The zero-order chi connectivity index (χ0) is 15.6. The van der Waals surface area contributed by atoms with Gasteiger partial charge in [0.2, 0.25) is 0 Å². The summed E-state index contributed by atoms with van der Waals surface area (Å²) in [6.45, 7) is 2.21. The van der Waals surface area contributed by atoms with E-state index in [4.69, 9.17) is 5.11 Å². The van der Waals surface area contributed by atoms with Crippen LogP contribution in [-0.4, -0.2) is 34.3 Å². The summed E-state index contributed by atoms with van der Waals surface area (Å²) in [5, 5.41) is 12.6. The fourth-order valence-electron chi connectivity index (χ4n) is 1.80. The summed E-state index contributed by atoms with van der Waals surface area (Å²) in [4.78, 5) is 14.0. The molecular weight excluding hydrogens is 301 g/mol. The molecule has 1 heterocycles. The van der Waals surface area contributed by atoms with Crippen LogP contribution in [0.25, 0.3) is 0 Å². The second-order valence-electron chi connectivity index (χ2n) is 4.20. The van der Waals surface area contributed by atoms with Crippen molar-refractivity contribution in [3.63, 3.8) is 0 Å². The Morgan fingerprint density at radius 1 is 1.43 bits per heavy atom. The molecule has 1 aromatic heterocycles. The first-order valence-electron chi connectivity index (χ1n) is 5.97. The molecule has 0 bridgehead atoms. The van der Waals surface area contributed by atoms with Gasteiger partial charge in [0.05, 0.1) is 5.56 Å². The average molecular weight is 313 g/mol. The number of hydrogen-bond acceptors (Lipinski definition) is 5. The van der Waals surface area contributed by atoms with Crippen LogP contribution in [0, 0.1) is 5.82 Å². The van der Waals surface area contributed by atoms with Gasteiger partial charge in [-0.1, -0.05) is 0 Å². The second kappa shape index (κ2) is 5.60. The van der Waals surface area contributed by atoms with E-state index in [9.17, 15) is 17.6 Å². The first kappa shape index (κ1) is 15.1. The molecule has 7 nitrogen and oxygen atoms in total. The maximum absolute atomic E-state index is 13.8. The lowest BCUT2D eigenvalue weighted by atomic mass is 10.2. The molecule has 2 aromatic rings. The van der Waals surface area contributed by atoms with Crippen LogP contribution in [0.1, 0.15) is 23.1 Å². The Kier molecular flexibility index (Phi) is 4.03. The molecule has 0 saturated heterocycles. The van der Waals surface area contributed by atoms with E-state index in [-0.39, 0.29) is 11.4 Å². The predicted octanol–water partition coefficient (Wildman–Crippen LogP) is 1.11. The molecule has 0 radical (unpaired) electrons. The van der Waals surface area contributed by atoms with E-state index in [1.54, 1.807) is 6.92 Å². The number of sulfone groups is 1. The standard InChI is InChI=1S/C12H12FN3O4S/c1-2-16-11(14-7-15-16)6-21(19,20)10-4-3-8(12(17)18)5-9(10)13/h3-5,7H,2,6H2,1H3,(H,17,18). The van der Waals surface area contributed by atoms with Crippen molar-refractivity contribution in [2.45, 2.75) is 24.1 Å². The molecule has 112 valence electrons. The van der Waals surface area contributed by atoms with Gasteiger partial charge in [0.1, 0.15) is 28.6 Å². The Morgan fingerprint density at radius 2 is 2.14 bits per heavy atom. The van der Waals surface area contributed by atoms with Crippen LogP contribution in [0.2, 0.25) is 0 Å². The van der Waals surface area contributed by atoms with E-state index < -0.39 is 32.3 Å². The normalized spacial score (nSPS) is 11.5. The summed E-state index contributed by atoms with van der Waals surface area (Å²) in [5.74, 6) is -2.75. The molecule has 0 atom stereocenters. The lowest BCUT2D eigenvalue weighted by Crippen LogP contribution is -2.13. The fourth-order valence-corrected chi connectivity index (χ4v) is 3.15. The summed E-state index contributed by atoms with van der Waals surface area (Å²) < 4.78 is 39.6. The van der Waals surface area contributed by atoms with E-state index in [1.807, 2.05) is 0 Å². The van der Waals surface area contributed by atoms with E-state index in [2.05, 4.69) is 10.1 Å². The number of aryl methyl sites for hydroxylation is 1. The van der Waals surface area contributed by atoms with Crippen molar-refractivity contribution in [2.24, 2.45) is 0 Å². The molecular formula is C12H12FN3O4S. The maximum atomic E-state index is 13.8. The highest BCUT2D eigenvalue weighted by molar-refractivity contribution is 7.90. The van der Waals surface area contributed by atoms with Gasteiger partial charge in [0.15, 0.2) is 9.84 Å². The third-order valence-electron chi connectivity index (χ3n) is 2.83. The lowest BCUT2D eigenvalue weighted by molar-refractivity contribution is 0.0696. The quantitative estimate of drug-likeness (QED) is 0.887. The summed E-state index contributed by atoms with van der Waals surface area (Å²) >= 11 is 0. The summed E-state index contributed by atoms with van der Waals surface area (Å²) in [5.41, 5.74) is -0.317. The topological polar surface area (TPSA) is 102 Å². The van der Waals surface area contributed by atoms with E-state index >= 15 is 0 Å². The first-order valence-corrected chi connectivity index (χ1v) is 7.62. The van der Waals surface area contributed by atoms with Crippen molar-refractivity contribution in [3.8, 4) is 0 Å². The Labute approximate surface area is 120 Å². The number of halogens is 1. The highest BCUT2D eigenvalue weighted by atomic mass is 32.2. The van der Waals surface area contributed by atoms with Crippen LogP contribution in [0.4, 0.5) is 4.39 Å². The van der Waals surface area contributed by atoms with Crippen LogP contribution in [-0.2, 0) is 22.1 Å². The van der Waals surface area contributed by atoms with Crippen molar-refractivity contribution in [1.82, 2.24) is 14.8 Å². The molecule has 1 aromatic carbocycles. The minimum Gasteiger partial charge on any atom is -0.478 e. The number of carbonyl (C=O) groups is 1. The van der Waals surface area contributed by atoms with Crippen LogP contribution in [0.3, 0.4) is 0 Å². The summed E-state index contributed by atoms with van der Waals surface area (Å²) in [6, 6.07) is 2.67. The number of aromatic nitrogens is 3. The third-order valence-corrected chi connectivity index (χ3v) is 4.47. The van der Waals surface area contributed by atoms with Crippen molar-refractivity contribution in [3.05, 3.63) is 41.7 Å². The van der Waals surface area contributed by atoms with Gasteiger partial charge in [-0.3, -0.25) is 0 Å². The molecule has 0 aliphatic rings. The zero-order valence-electron chi connectivity index (χ0n) is 11.0. The van der Waals surface area contributed by atoms with Crippen molar-refractivity contribution >= 4 is 15.8 Å². The molecule has 0 fully saturated rings. The molecule has 0 amide bonds. The molecule has 0 saturated carbocycles. The van der Waals surface area contributed by atoms with Crippen LogP contribution in [0.15, 0.2) is 29.4 Å². The van der Waals surface area contributed by atoms with E-state index in [0.29, 0.717) is 12.6 Å². The van der Waals surface area contributed by atoms with Crippen LogP contribution >= 0.6 is 0 Å².